The summed E-state index contributed by atoms with van der Waals surface area (Å²) in [6.07, 6.45) is 6.77. The second-order valence-corrected chi connectivity index (χ2v) is 8.71. The first-order valence-electron chi connectivity index (χ1n) is 6.86. The molecular formula is C11H19F2NO5S2. The summed E-state index contributed by atoms with van der Waals surface area (Å²) in [5.74, 6) is 0. The van der Waals surface area contributed by atoms with Gasteiger partial charge in [-0.25, -0.2) is 13.7 Å². The molecule has 0 amide bonds. The summed E-state index contributed by atoms with van der Waals surface area (Å²) in [4.78, 5) is 0. The van der Waals surface area contributed by atoms with E-state index in [0.29, 0.717) is 12.8 Å². The zero-order valence-corrected chi connectivity index (χ0v) is 13.1. The lowest BCUT2D eigenvalue weighted by atomic mass is 9.68. The average Bonchev–Trinajstić information content (AvgIpc) is 2.46. The third-order valence-corrected chi connectivity index (χ3v) is 7.30. The number of sulfonamides is 1. The van der Waals surface area contributed by atoms with Gasteiger partial charge in [0, 0.05) is 13.1 Å². The molecular weight excluding hydrogens is 328 g/mol. The van der Waals surface area contributed by atoms with Crippen molar-refractivity contribution in [2.24, 2.45) is 5.41 Å². The van der Waals surface area contributed by atoms with Gasteiger partial charge in [0.2, 0.25) is 0 Å². The predicted octanol–water partition coefficient (Wildman–Crippen LogP) is 2.98. The van der Waals surface area contributed by atoms with Crippen LogP contribution in [-0.2, 0) is 19.4 Å². The van der Waals surface area contributed by atoms with Crippen molar-refractivity contribution >= 4 is 22.1 Å². The summed E-state index contributed by atoms with van der Waals surface area (Å²) in [5.41, 5.74) is 0.122. The van der Waals surface area contributed by atoms with Crippen LogP contribution >= 0.6 is 12.0 Å². The third kappa shape index (κ3) is 3.67. The van der Waals surface area contributed by atoms with Crippen LogP contribution in [0.3, 0.4) is 0 Å². The van der Waals surface area contributed by atoms with Crippen LogP contribution in [0, 0.1) is 5.41 Å². The van der Waals surface area contributed by atoms with Crippen LogP contribution in [-0.4, -0.2) is 35.7 Å². The fourth-order valence-corrected chi connectivity index (χ4v) is 5.07. The van der Waals surface area contributed by atoms with Gasteiger partial charge < -0.3 is 0 Å². The van der Waals surface area contributed by atoms with E-state index >= 15 is 0 Å². The van der Waals surface area contributed by atoms with Gasteiger partial charge in [0.25, 0.3) is 10.0 Å². The first kappa shape index (κ1) is 17.4. The molecule has 2 rings (SSSR count). The number of hydrogen-bond donors (Lipinski definition) is 1. The number of hydrogen-bond acceptors (Lipinski definition) is 6. The quantitative estimate of drug-likeness (QED) is 0.468. The summed E-state index contributed by atoms with van der Waals surface area (Å²) in [6.45, 7) is 0.191. The van der Waals surface area contributed by atoms with Crippen molar-refractivity contribution in [3.05, 3.63) is 0 Å². The Hall–Kier alpha value is -0.0000000000000000971. The van der Waals surface area contributed by atoms with Gasteiger partial charge in [0.1, 0.15) is 12.0 Å². The Kier molecular flexibility index (Phi) is 5.48. The summed E-state index contributed by atoms with van der Waals surface area (Å²) in [6, 6.07) is 0. The van der Waals surface area contributed by atoms with Gasteiger partial charge in [-0.2, -0.15) is 13.1 Å². The fraction of sp³-hybridized carbons (Fsp3) is 1.00. The van der Waals surface area contributed by atoms with Crippen molar-refractivity contribution in [3.8, 4) is 0 Å². The molecule has 1 saturated heterocycles. The second kappa shape index (κ2) is 6.63. The minimum atomic E-state index is -4.84. The van der Waals surface area contributed by atoms with E-state index in [2.05, 4.69) is 9.37 Å². The molecule has 0 radical (unpaired) electrons. The maximum atomic E-state index is 13.6. The highest BCUT2D eigenvalue weighted by Gasteiger charge is 2.53. The average molecular weight is 347 g/mol. The molecule has 2 fully saturated rings. The Bertz CT molecular complexity index is 444. The van der Waals surface area contributed by atoms with Gasteiger partial charge in [-0.15, -0.1) is 4.33 Å². The Morgan fingerprint density at radius 2 is 1.67 bits per heavy atom. The zero-order chi connectivity index (χ0) is 15.6. The van der Waals surface area contributed by atoms with Gasteiger partial charge in [-0.3, -0.25) is 0 Å². The number of alkyl halides is 2. The maximum Gasteiger partial charge on any atom is 0.433 e. The highest BCUT2D eigenvalue weighted by Crippen LogP contribution is 2.46. The Morgan fingerprint density at radius 1 is 1.10 bits per heavy atom. The molecule has 2 aliphatic rings. The highest BCUT2D eigenvalue weighted by atomic mass is 32.3. The molecule has 1 aliphatic carbocycles. The van der Waals surface area contributed by atoms with E-state index in [-0.39, 0.29) is 18.5 Å². The molecule has 0 aromatic carbocycles. The lowest BCUT2D eigenvalue weighted by molar-refractivity contribution is -0.433. The maximum absolute atomic E-state index is 13.6. The number of piperidine rings is 1. The van der Waals surface area contributed by atoms with E-state index in [1.54, 1.807) is 0 Å². The van der Waals surface area contributed by atoms with Crippen LogP contribution in [0.15, 0.2) is 0 Å². The monoisotopic (exact) mass is 347 g/mol. The predicted molar refractivity (Wildman–Crippen MR) is 72.6 cm³/mol. The smallest absolute Gasteiger partial charge is 0.220 e. The van der Waals surface area contributed by atoms with E-state index in [1.807, 2.05) is 0 Å². The molecule has 1 saturated carbocycles. The molecule has 10 heteroatoms. The number of nitrogens with zero attached hydrogens (tertiary/aromatic N) is 1. The molecule has 1 N–H and O–H groups in total. The van der Waals surface area contributed by atoms with Crippen molar-refractivity contribution in [1.82, 2.24) is 4.31 Å². The van der Waals surface area contributed by atoms with E-state index in [0.717, 1.165) is 30.0 Å². The van der Waals surface area contributed by atoms with Gasteiger partial charge >= 0.3 is 4.59 Å². The van der Waals surface area contributed by atoms with Crippen LogP contribution in [0.4, 0.5) is 8.78 Å². The molecule has 0 bridgehead atoms. The van der Waals surface area contributed by atoms with Crippen molar-refractivity contribution in [3.63, 3.8) is 0 Å². The summed E-state index contributed by atoms with van der Waals surface area (Å²) in [5, 5.41) is 10.9. The molecule has 0 atom stereocenters. The van der Waals surface area contributed by atoms with Crippen molar-refractivity contribution in [1.29, 1.82) is 0 Å². The van der Waals surface area contributed by atoms with Crippen LogP contribution in [0.25, 0.3) is 0 Å². The van der Waals surface area contributed by atoms with E-state index in [1.165, 1.54) is 6.42 Å². The Balaban J connectivity index is 2.00. The minimum absolute atomic E-state index is 0.0957. The third-order valence-electron chi connectivity index (χ3n) is 4.50. The number of rotatable bonds is 5. The van der Waals surface area contributed by atoms with Crippen LogP contribution in [0.2, 0.25) is 0 Å². The minimum Gasteiger partial charge on any atom is -0.220 e. The molecule has 1 aliphatic heterocycles. The first-order valence-corrected chi connectivity index (χ1v) is 9.05. The number of halogens is 2. The Morgan fingerprint density at radius 3 is 2.19 bits per heavy atom. The molecule has 0 aromatic rings. The van der Waals surface area contributed by atoms with Gasteiger partial charge in [-0.1, -0.05) is 24.3 Å². The topological polar surface area (TPSA) is 76.1 Å². The van der Waals surface area contributed by atoms with Crippen molar-refractivity contribution < 1.29 is 31.8 Å². The largest absolute Gasteiger partial charge is 0.433 e. The molecule has 0 aromatic heterocycles. The summed E-state index contributed by atoms with van der Waals surface area (Å²) >= 11 is -0.729. The van der Waals surface area contributed by atoms with Crippen molar-refractivity contribution in [2.75, 3.05) is 13.1 Å². The zero-order valence-electron chi connectivity index (χ0n) is 11.5. The molecule has 0 unspecified atom stereocenters. The van der Waals surface area contributed by atoms with Gasteiger partial charge in [-0.05, 0) is 31.1 Å². The van der Waals surface area contributed by atoms with Gasteiger partial charge in [0.15, 0.2) is 0 Å². The molecule has 21 heavy (non-hydrogen) atoms. The van der Waals surface area contributed by atoms with Crippen LogP contribution in [0.5, 0.6) is 0 Å². The summed E-state index contributed by atoms with van der Waals surface area (Å²) in [7, 11) is -4.84. The lowest BCUT2D eigenvalue weighted by Gasteiger charge is -2.44. The molecule has 1 heterocycles. The molecule has 1 spiro atoms. The lowest BCUT2D eigenvalue weighted by Crippen LogP contribution is -2.48. The fourth-order valence-electron chi connectivity index (χ4n) is 3.25. The first-order chi connectivity index (χ1) is 9.83. The van der Waals surface area contributed by atoms with E-state index < -0.39 is 26.7 Å². The standard InChI is InChI=1S/C11H19F2NO5S2/c12-11(13,20-19-18-15)21(16,17)14-8-6-10(7-9-14)4-2-1-3-5-10/h15H,1-9H2. The normalized spacial score (nSPS) is 24.3. The van der Waals surface area contributed by atoms with E-state index in [4.69, 9.17) is 5.26 Å². The molecule has 124 valence electrons. The highest BCUT2D eigenvalue weighted by molar-refractivity contribution is 8.10. The van der Waals surface area contributed by atoms with Crippen LogP contribution < -0.4 is 0 Å². The van der Waals surface area contributed by atoms with Crippen LogP contribution in [0.1, 0.15) is 44.9 Å². The SMILES string of the molecule is O=S(=O)(N1CCC2(CCCCC2)CC1)C(F)(F)SOOO. The Labute approximate surface area is 126 Å². The van der Waals surface area contributed by atoms with E-state index in [9.17, 15) is 17.2 Å². The molecule has 6 nitrogen and oxygen atoms in total. The van der Waals surface area contributed by atoms with Crippen molar-refractivity contribution in [2.45, 2.75) is 49.5 Å². The van der Waals surface area contributed by atoms with Gasteiger partial charge in [0.05, 0.1) is 0 Å². The second-order valence-electron chi connectivity index (χ2n) is 5.65. The summed E-state index contributed by atoms with van der Waals surface area (Å²) < 4.78 is 51.3.